The van der Waals surface area contributed by atoms with Crippen LogP contribution in [0.4, 0.5) is 0 Å². The molecule has 2 atom stereocenters. The van der Waals surface area contributed by atoms with E-state index < -0.39 is 0 Å². The first-order valence-corrected chi connectivity index (χ1v) is 8.19. The summed E-state index contributed by atoms with van der Waals surface area (Å²) in [5.74, 6) is 0.863. The van der Waals surface area contributed by atoms with Gasteiger partial charge >= 0.3 is 0 Å². The molecule has 1 amide bonds. The Hall–Kier alpha value is -0.650. The van der Waals surface area contributed by atoms with E-state index in [9.17, 15) is 4.79 Å². The first-order chi connectivity index (χ1) is 10.2. The minimum atomic E-state index is -0.00517. The van der Waals surface area contributed by atoms with Gasteiger partial charge in [-0.05, 0) is 38.0 Å². The average molecular weight is 297 g/mol. The van der Waals surface area contributed by atoms with Gasteiger partial charge in [-0.25, -0.2) is 0 Å². The number of ether oxygens (including phenoxy) is 3. The van der Waals surface area contributed by atoms with Crippen molar-refractivity contribution in [2.75, 3.05) is 46.6 Å². The van der Waals surface area contributed by atoms with Gasteiger partial charge < -0.3 is 19.1 Å². The third kappa shape index (κ3) is 3.58. The Kier molecular flexibility index (Phi) is 4.82. The van der Waals surface area contributed by atoms with E-state index in [4.69, 9.17) is 14.2 Å². The fraction of sp³-hybridized carbons (Fsp3) is 0.938. The Balaban J connectivity index is 1.62. The first-order valence-electron chi connectivity index (χ1n) is 8.19. The van der Waals surface area contributed by atoms with E-state index in [1.807, 2.05) is 4.90 Å². The lowest BCUT2D eigenvalue weighted by atomic mass is 9.73. The van der Waals surface area contributed by atoms with Crippen LogP contribution in [-0.2, 0) is 19.0 Å². The van der Waals surface area contributed by atoms with E-state index in [0.717, 1.165) is 58.1 Å². The number of methoxy groups -OCH3 is 1. The second-order valence-electron chi connectivity index (χ2n) is 6.82. The standard InChI is InChI=1S/C16H27NO4/c1-19-10-15(18)17-7-5-14-16(11-17,6-2-8-21-14)12-20-9-13-3-4-13/h13-14H,2-12H2,1H3/t14-,16+/m1/s1. The van der Waals surface area contributed by atoms with Gasteiger partial charge in [0.25, 0.3) is 0 Å². The van der Waals surface area contributed by atoms with Gasteiger partial charge in [0, 0.05) is 38.8 Å². The third-order valence-corrected chi connectivity index (χ3v) is 5.05. The SMILES string of the molecule is COCC(=O)N1CC[C@H]2OCCC[C@@]2(COCC2CC2)C1. The highest BCUT2D eigenvalue weighted by molar-refractivity contribution is 5.77. The molecule has 120 valence electrons. The minimum absolute atomic E-state index is 0.00517. The maximum atomic E-state index is 12.1. The molecule has 0 unspecified atom stereocenters. The van der Waals surface area contributed by atoms with Gasteiger partial charge in [0.15, 0.2) is 0 Å². The Bertz CT molecular complexity index is 371. The summed E-state index contributed by atoms with van der Waals surface area (Å²) in [5, 5.41) is 0. The molecule has 2 heterocycles. The molecule has 1 saturated carbocycles. The zero-order chi connectivity index (χ0) is 14.7. The number of hydrogen-bond acceptors (Lipinski definition) is 4. The molecule has 0 spiro atoms. The summed E-state index contributed by atoms with van der Waals surface area (Å²) in [6, 6.07) is 0. The molecule has 2 aliphatic heterocycles. The number of rotatable bonds is 6. The number of nitrogens with zero attached hydrogens (tertiary/aromatic N) is 1. The molecular weight excluding hydrogens is 270 g/mol. The molecule has 3 rings (SSSR count). The fourth-order valence-electron chi connectivity index (χ4n) is 3.64. The predicted molar refractivity (Wildman–Crippen MR) is 78.0 cm³/mol. The van der Waals surface area contributed by atoms with Crippen LogP contribution in [0.1, 0.15) is 32.1 Å². The Morgan fingerprint density at radius 1 is 1.38 bits per heavy atom. The van der Waals surface area contributed by atoms with Crippen LogP contribution in [0.15, 0.2) is 0 Å². The van der Waals surface area contributed by atoms with Gasteiger partial charge in [-0.2, -0.15) is 0 Å². The van der Waals surface area contributed by atoms with Crippen molar-refractivity contribution in [2.24, 2.45) is 11.3 Å². The highest BCUT2D eigenvalue weighted by Crippen LogP contribution is 2.41. The van der Waals surface area contributed by atoms with E-state index in [0.29, 0.717) is 0 Å². The van der Waals surface area contributed by atoms with Crippen LogP contribution in [0.5, 0.6) is 0 Å². The average Bonchev–Trinajstić information content (AvgIpc) is 3.31. The number of fused-ring (bicyclic) bond motifs is 1. The normalized spacial score (nSPS) is 32.8. The molecule has 0 radical (unpaired) electrons. The third-order valence-electron chi connectivity index (χ3n) is 5.05. The quantitative estimate of drug-likeness (QED) is 0.744. The lowest BCUT2D eigenvalue weighted by molar-refractivity contribution is -0.167. The van der Waals surface area contributed by atoms with Gasteiger partial charge in [-0.1, -0.05) is 0 Å². The molecule has 0 aromatic rings. The summed E-state index contributed by atoms with van der Waals surface area (Å²) in [5.41, 5.74) is -0.00517. The van der Waals surface area contributed by atoms with E-state index in [2.05, 4.69) is 0 Å². The molecule has 2 saturated heterocycles. The van der Waals surface area contributed by atoms with Gasteiger partial charge in [0.1, 0.15) is 6.61 Å². The highest BCUT2D eigenvalue weighted by Gasteiger charge is 2.47. The van der Waals surface area contributed by atoms with Crippen LogP contribution in [0, 0.1) is 11.3 Å². The smallest absolute Gasteiger partial charge is 0.248 e. The molecule has 21 heavy (non-hydrogen) atoms. The second-order valence-corrected chi connectivity index (χ2v) is 6.82. The number of carbonyl (C=O) groups excluding carboxylic acids is 1. The molecule has 0 aromatic carbocycles. The molecule has 0 N–H and O–H groups in total. The summed E-state index contributed by atoms with van der Waals surface area (Å²) < 4.78 is 17.0. The van der Waals surface area contributed by atoms with Crippen LogP contribution < -0.4 is 0 Å². The van der Waals surface area contributed by atoms with Crippen molar-refractivity contribution in [1.82, 2.24) is 4.90 Å². The van der Waals surface area contributed by atoms with Crippen molar-refractivity contribution in [2.45, 2.75) is 38.2 Å². The number of piperidine rings is 1. The largest absolute Gasteiger partial charge is 0.380 e. The predicted octanol–water partition coefficient (Wildman–Crippen LogP) is 1.46. The number of likely N-dealkylation sites (tertiary alicyclic amines) is 1. The molecule has 0 aromatic heterocycles. The molecule has 3 fully saturated rings. The van der Waals surface area contributed by atoms with E-state index in [-0.39, 0.29) is 24.0 Å². The monoisotopic (exact) mass is 297 g/mol. The van der Waals surface area contributed by atoms with Crippen LogP contribution >= 0.6 is 0 Å². The molecule has 5 heteroatoms. The van der Waals surface area contributed by atoms with Gasteiger partial charge in [0.05, 0.1) is 12.7 Å². The van der Waals surface area contributed by atoms with Crippen molar-refractivity contribution in [1.29, 1.82) is 0 Å². The van der Waals surface area contributed by atoms with E-state index in [1.165, 1.54) is 12.8 Å². The van der Waals surface area contributed by atoms with Crippen molar-refractivity contribution in [3.8, 4) is 0 Å². The van der Waals surface area contributed by atoms with Crippen LogP contribution in [0.25, 0.3) is 0 Å². The summed E-state index contributed by atoms with van der Waals surface area (Å²) in [4.78, 5) is 14.1. The summed E-state index contributed by atoms with van der Waals surface area (Å²) in [7, 11) is 1.57. The molecule has 0 bridgehead atoms. The number of amides is 1. The lowest BCUT2D eigenvalue weighted by Crippen LogP contribution is -2.58. The molecule has 5 nitrogen and oxygen atoms in total. The number of hydrogen-bond donors (Lipinski definition) is 0. The topological polar surface area (TPSA) is 48.0 Å². The number of carbonyl (C=O) groups is 1. The lowest BCUT2D eigenvalue weighted by Gasteiger charge is -2.50. The van der Waals surface area contributed by atoms with Crippen LogP contribution in [0.3, 0.4) is 0 Å². The minimum Gasteiger partial charge on any atom is -0.380 e. The Morgan fingerprint density at radius 3 is 3.00 bits per heavy atom. The molecular formula is C16H27NO4. The van der Waals surface area contributed by atoms with Gasteiger partial charge in [0.2, 0.25) is 5.91 Å². The Morgan fingerprint density at radius 2 is 2.24 bits per heavy atom. The van der Waals surface area contributed by atoms with Crippen molar-refractivity contribution in [3.63, 3.8) is 0 Å². The van der Waals surface area contributed by atoms with E-state index in [1.54, 1.807) is 7.11 Å². The zero-order valence-electron chi connectivity index (χ0n) is 13.0. The molecule has 1 aliphatic carbocycles. The van der Waals surface area contributed by atoms with Crippen LogP contribution in [0.2, 0.25) is 0 Å². The van der Waals surface area contributed by atoms with Crippen molar-refractivity contribution < 1.29 is 19.0 Å². The maximum absolute atomic E-state index is 12.1. The Labute approximate surface area is 126 Å². The molecule has 3 aliphatic rings. The maximum Gasteiger partial charge on any atom is 0.248 e. The van der Waals surface area contributed by atoms with Crippen LogP contribution in [-0.4, -0.2) is 63.5 Å². The highest BCUT2D eigenvalue weighted by atomic mass is 16.5. The second kappa shape index (κ2) is 6.63. The first kappa shape index (κ1) is 15.3. The van der Waals surface area contributed by atoms with Gasteiger partial charge in [-0.15, -0.1) is 0 Å². The van der Waals surface area contributed by atoms with Gasteiger partial charge in [-0.3, -0.25) is 4.79 Å². The summed E-state index contributed by atoms with van der Waals surface area (Å²) in [6.45, 7) is 4.15. The fourth-order valence-corrected chi connectivity index (χ4v) is 3.64. The zero-order valence-corrected chi connectivity index (χ0v) is 13.0. The van der Waals surface area contributed by atoms with Crippen molar-refractivity contribution >= 4 is 5.91 Å². The summed E-state index contributed by atoms with van der Waals surface area (Å²) >= 11 is 0. The van der Waals surface area contributed by atoms with E-state index >= 15 is 0 Å². The van der Waals surface area contributed by atoms with Crippen molar-refractivity contribution in [3.05, 3.63) is 0 Å². The summed E-state index contributed by atoms with van der Waals surface area (Å²) in [6.07, 6.45) is 5.95.